The minimum atomic E-state index is -2.94. The van der Waals surface area contributed by atoms with E-state index in [1.165, 1.54) is 12.3 Å². The maximum atomic E-state index is 12.8. The Morgan fingerprint density at radius 2 is 1.82 bits per heavy atom. The van der Waals surface area contributed by atoms with Crippen LogP contribution in [0, 0.1) is 11.7 Å². The van der Waals surface area contributed by atoms with Crippen LogP contribution in [-0.4, -0.2) is 56.6 Å². The van der Waals surface area contributed by atoms with Gasteiger partial charge in [0.15, 0.2) is 0 Å². The van der Waals surface area contributed by atoms with Gasteiger partial charge >= 0.3 is 0 Å². The number of carbonyl (C=O) groups is 1. The zero-order chi connectivity index (χ0) is 27.7. The van der Waals surface area contributed by atoms with Gasteiger partial charge in [0.2, 0.25) is 0 Å². The molecule has 9 nitrogen and oxygen atoms in total. The molecule has 0 bridgehead atoms. The van der Waals surface area contributed by atoms with Crippen LogP contribution >= 0.6 is 0 Å². The number of nitrogens with one attached hydrogen (secondary N) is 2. The minimum Gasteiger partial charge on any atom is -0.372 e. The average molecular weight is 545 g/mol. The monoisotopic (exact) mass is 544 g/mol. The van der Waals surface area contributed by atoms with Gasteiger partial charge in [-0.1, -0.05) is 12.1 Å². The Hall–Kier alpha value is -3.89. The van der Waals surface area contributed by atoms with E-state index in [-0.39, 0.29) is 24.7 Å². The van der Waals surface area contributed by atoms with Gasteiger partial charge in [-0.25, -0.2) is 19.0 Å². The van der Waals surface area contributed by atoms with Crippen molar-refractivity contribution in [2.75, 3.05) is 24.2 Å². The van der Waals surface area contributed by atoms with Crippen molar-refractivity contribution >= 4 is 32.4 Å². The van der Waals surface area contributed by atoms with E-state index in [0.29, 0.717) is 16.2 Å². The first-order valence-corrected chi connectivity index (χ1v) is 14.8. The highest BCUT2D eigenvalue weighted by Crippen LogP contribution is 2.24. The lowest BCUT2D eigenvalue weighted by atomic mass is 10.1. The molecular weight excluding hydrogens is 512 g/mol. The molecule has 0 aliphatic carbocycles. The van der Waals surface area contributed by atoms with Gasteiger partial charge < -0.3 is 15.0 Å². The number of ether oxygens (including phenoxy) is 1. The predicted octanol–water partition coefficient (Wildman–Crippen LogP) is 4.58. The summed E-state index contributed by atoms with van der Waals surface area (Å²) in [5, 5.41) is 3.75. The molecule has 1 amide bonds. The molecule has 39 heavy (non-hydrogen) atoms. The number of morpholine rings is 1. The molecule has 1 aromatic carbocycles. The average Bonchev–Trinajstić information content (AvgIpc) is 2.90. The smallest absolute Gasteiger partial charge is 0.251 e. The second kappa shape index (κ2) is 10.7. The van der Waals surface area contributed by atoms with E-state index >= 15 is 0 Å². The molecule has 1 saturated heterocycles. The molecule has 0 saturated carbocycles. The summed E-state index contributed by atoms with van der Waals surface area (Å²) in [5.41, 5.74) is 4.03. The summed E-state index contributed by atoms with van der Waals surface area (Å²) in [5.74, 6) is 0.578. The molecule has 2 N–H and O–H groups in total. The first-order valence-electron chi connectivity index (χ1n) is 12.8. The standard InChI is InChI=1S/C29H32N6O3S/c1-18-8-9-21(12-27(18)39(4,30)37)29(36)32-15-23-13-26-22(14-31-23)10-11-25(33-26)24-6-5-7-28(34-24)35-16-19(2)38-20(3)17-35/h5-14,19-20,30H,15-17H2,1-4H3,(H,32,36)/t19-,20+,39-/m1/s1. The molecule has 4 aromatic rings. The third-order valence-corrected chi connectivity index (χ3v) is 7.95. The van der Waals surface area contributed by atoms with E-state index in [1.54, 1.807) is 25.3 Å². The van der Waals surface area contributed by atoms with E-state index in [0.717, 1.165) is 46.8 Å². The van der Waals surface area contributed by atoms with Crippen molar-refractivity contribution in [2.45, 2.75) is 44.4 Å². The molecule has 3 atom stereocenters. The molecule has 1 fully saturated rings. The number of nitrogens with zero attached hydrogens (tertiary/aromatic N) is 4. The third-order valence-electron chi connectivity index (χ3n) is 6.67. The van der Waals surface area contributed by atoms with Crippen molar-refractivity contribution in [1.29, 1.82) is 4.78 Å². The molecule has 10 heteroatoms. The number of amides is 1. The Kier molecular flexibility index (Phi) is 7.33. The second-order valence-electron chi connectivity index (χ2n) is 10.1. The molecule has 1 aliphatic heterocycles. The van der Waals surface area contributed by atoms with Crippen molar-refractivity contribution in [3.63, 3.8) is 0 Å². The van der Waals surface area contributed by atoms with Gasteiger partial charge in [-0.2, -0.15) is 0 Å². The summed E-state index contributed by atoms with van der Waals surface area (Å²) in [6.07, 6.45) is 3.38. The van der Waals surface area contributed by atoms with Gasteiger partial charge in [0.1, 0.15) is 5.82 Å². The van der Waals surface area contributed by atoms with E-state index in [1.807, 2.05) is 36.4 Å². The van der Waals surface area contributed by atoms with Crippen molar-refractivity contribution in [1.82, 2.24) is 20.3 Å². The minimum absolute atomic E-state index is 0.142. The maximum absolute atomic E-state index is 12.8. The zero-order valence-electron chi connectivity index (χ0n) is 22.5. The molecule has 1 aliphatic rings. The van der Waals surface area contributed by atoms with E-state index in [4.69, 9.17) is 19.5 Å². The Bertz CT molecular complexity index is 1650. The molecule has 4 heterocycles. The van der Waals surface area contributed by atoms with Crippen LogP contribution in [0.15, 0.2) is 65.7 Å². The van der Waals surface area contributed by atoms with E-state index < -0.39 is 9.73 Å². The van der Waals surface area contributed by atoms with Gasteiger partial charge in [-0.3, -0.25) is 9.78 Å². The van der Waals surface area contributed by atoms with E-state index in [9.17, 15) is 9.00 Å². The fourth-order valence-electron chi connectivity index (χ4n) is 4.84. The van der Waals surface area contributed by atoms with Gasteiger partial charge in [-0.15, -0.1) is 0 Å². The summed E-state index contributed by atoms with van der Waals surface area (Å²) >= 11 is 0. The third kappa shape index (κ3) is 6.07. The lowest BCUT2D eigenvalue weighted by molar-refractivity contribution is -0.00545. The van der Waals surface area contributed by atoms with Crippen LogP contribution in [-0.2, 0) is 21.0 Å². The number of aryl methyl sites for hydroxylation is 1. The van der Waals surface area contributed by atoms with Crippen LogP contribution in [0.25, 0.3) is 22.3 Å². The quantitative estimate of drug-likeness (QED) is 0.364. The van der Waals surface area contributed by atoms with Gasteiger partial charge in [0.25, 0.3) is 5.91 Å². The van der Waals surface area contributed by atoms with Crippen molar-refractivity contribution < 1.29 is 13.7 Å². The highest BCUT2D eigenvalue weighted by Gasteiger charge is 2.23. The van der Waals surface area contributed by atoms with Crippen molar-refractivity contribution in [3.05, 3.63) is 77.6 Å². The normalized spacial score (nSPS) is 19.0. The molecule has 0 spiro atoms. The van der Waals surface area contributed by atoms with Gasteiger partial charge in [0.05, 0.1) is 56.0 Å². The summed E-state index contributed by atoms with van der Waals surface area (Å²) < 4.78 is 26.0. The number of aromatic nitrogens is 3. The Balaban J connectivity index is 1.34. The summed E-state index contributed by atoms with van der Waals surface area (Å²) in [7, 11) is -2.94. The number of hydrogen-bond acceptors (Lipinski definition) is 8. The number of fused-ring (bicyclic) bond motifs is 1. The number of pyridine rings is 3. The van der Waals surface area contributed by atoms with Crippen LogP contribution in [0.4, 0.5) is 5.82 Å². The fraction of sp³-hybridized carbons (Fsp3) is 0.310. The molecule has 3 aromatic heterocycles. The summed E-state index contributed by atoms with van der Waals surface area (Å²) in [4.78, 5) is 29.6. The highest BCUT2D eigenvalue weighted by molar-refractivity contribution is 7.91. The second-order valence-corrected chi connectivity index (χ2v) is 12.2. The first kappa shape index (κ1) is 26.7. The number of rotatable bonds is 6. The molecule has 0 unspecified atom stereocenters. The van der Waals surface area contributed by atoms with Crippen LogP contribution in [0.3, 0.4) is 0 Å². The number of carbonyl (C=O) groups excluding carboxylic acids is 1. The van der Waals surface area contributed by atoms with Gasteiger partial charge in [0, 0.05) is 36.5 Å². The molecule has 0 radical (unpaired) electrons. The zero-order valence-corrected chi connectivity index (χ0v) is 23.3. The van der Waals surface area contributed by atoms with Crippen LogP contribution in [0.2, 0.25) is 0 Å². The van der Waals surface area contributed by atoms with Crippen molar-refractivity contribution in [3.8, 4) is 11.4 Å². The lowest BCUT2D eigenvalue weighted by Gasteiger charge is -2.36. The molecular formula is C29H32N6O3S. The maximum Gasteiger partial charge on any atom is 0.251 e. The summed E-state index contributed by atoms with van der Waals surface area (Å²) in [6, 6.07) is 16.6. The van der Waals surface area contributed by atoms with Crippen LogP contribution in [0.1, 0.15) is 35.5 Å². The fourth-order valence-corrected chi connectivity index (χ4v) is 5.87. The Labute approximate surface area is 228 Å². The molecule has 202 valence electrons. The van der Waals surface area contributed by atoms with Crippen molar-refractivity contribution in [2.24, 2.45) is 0 Å². The van der Waals surface area contributed by atoms with Gasteiger partial charge in [-0.05, 0) is 68.8 Å². The van der Waals surface area contributed by atoms with Crippen LogP contribution < -0.4 is 10.2 Å². The largest absolute Gasteiger partial charge is 0.372 e. The highest BCUT2D eigenvalue weighted by atomic mass is 32.2. The predicted molar refractivity (Wildman–Crippen MR) is 152 cm³/mol. The lowest BCUT2D eigenvalue weighted by Crippen LogP contribution is -2.45. The number of benzene rings is 1. The topological polar surface area (TPSA) is 121 Å². The Morgan fingerprint density at radius 1 is 1.08 bits per heavy atom. The summed E-state index contributed by atoms with van der Waals surface area (Å²) in [6.45, 7) is 7.71. The van der Waals surface area contributed by atoms with Crippen LogP contribution in [0.5, 0.6) is 0 Å². The number of anilines is 1. The SMILES string of the molecule is Cc1ccc(C(=O)NCc2cc3nc(-c4cccc(N5C[C@@H](C)O[C@@H](C)C5)n4)ccc3cn2)cc1[S@](C)(=N)=O. The first-order chi connectivity index (χ1) is 18.6. The molecule has 5 rings (SSSR count). The Morgan fingerprint density at radius 3 is 2.56 bits per heavy atom. The number of hydrogen-bond donors (Lipinski definition) is 2. The van der Waals surface area contributed by atoms with E-state index in [2.05, 4.69) is 29.0 Å².